The predicted octanol–water partition coefficient (Wildman–Crippen LogP) is 1.66. The van der Waals surface area contributed by atoms with Crippen LogP contribution in [0.25, 0.3) is 10.9 Å². The maximum atomic E-state index is 12.6. The SMILES string of the molecule is C#Cc1cnc(N2CCC(N(C)C(=O)COCCn3ccc4ccc(C(N)=O)cc43)CC2)cn1. The van der Waals surface area contributed by atoms with Crippen LogP contribution in [-0.2, 0) is 16.1 Å². The average molecular weight is 461 g/mol. The van der Waals surface area contributed by atoms with Crippen LogP contribution >= 0.6 is 0 Å². The summed E-state index contributed by atoms with van der Waals surface area (Å²) in [7, 11) is 1.83. The van der Waals surface area contributed by atoms with Gasteiger partial charge in [0.2, 0.25) is 11.8 Å². The number of anilines is 1. The highest BCUT2D eigenvalue weighted by atomic mass is 16.5. The van der Waals surface area contributed by atoms with Crippen LogP contribution < -0.4 is 10.6 Å². The standard InChI is InChI=1S/C25H28N6O3/c1-3-20-15-28-23(16-27-20)31-10-7-21(8-11-31)29(2)24(32)17-34-13-12-30-9-6-18-4-5-19(25(26)33)14-22(18)30/h1,4-6,9,14-16,21H,7-8,10-13,17H2,2H3,(H2,26,33). The highest BCUT2D eigenvalue weighted by Crippen LogP contribution is 2.20. The van der Waals surface area contributed by atoms with Gasteiger partial charge in [-0.1, -0.05) is 6.07 Å². The van der Waals surface area contributed by atoms with Crippen molar-refractivity contribution in [2.24, 2.45) is 5.73 Å². The Morgan fingerprint density at radius 3 is 2.71 bits per heavy atom. The summed E-state index contributed by atoms with van der Waals surface area (Å²) in [5.41, 5.74) is 7.28. The van der Waals surface area contributed by atoms with Crippen molar-refractivity contribution >= 4 is 28.5 Å². The van der Waals surface area contributed by atoms with E-state index in [1.165, 1.54) is 0 Å². The van der Waals surface area contributed by atoms with E-state index < -0.39 is 5.91 Å². The number of nitrogens with two attached hydrogens (primary N) is 1. The van der Waals surface area contributed by atoms with Gasteiger partial charge in [0.15, 0.2) is 0 Å². The van der Waals surface area contributed by atoms with Crippen LogP contribution in [0.2, 0.25) is 0 Å². The molecule has 1 aromatic carbocycles. The molecular formula is C25H28N6O3. The lowest BCUT2D eigenvalue weighted by Gasteiger charge is -2.37. The molecule has 34 heavy (non-hydrogen) atoms. The number of carbonyl (C=O) groups excluding carboxylic acids is 2. The summed E-state index contributed by atoms with van der Waals surface area (Å²) in [6.07, 6.45) is 12.3. The molecule has 0 saturated carbocycles. The average Bonchev–Trinajstić information content (AvgIpc) is 3.28. The monoisotopic (exact) mass is 460 g/mol. The molecule has 0 atom stereocenters. The molecule has 1 saturated heterocycles. The molecule has 3 heterocycles. The van der Waals surface area contributed by atoms with Crippen molar-refractivity contribution in [3.63, 3.8) is 0 Å². The molecule has 176 valence electrons. The number of carbonyl (C=O) groups is 2. The third kappa shape index (κ3) is 5.18. The molecule has 0 unspecified atom stereocenters. The third-order valence-corrected chi connectivity index (χ3v) is 6.28. The molecule has 9 heteroatoms. The normalized spacial score (nSPS) is 14.2. The van der Waals surface area contributed by atoms with Crippen LogP contribution in [0.15, 0.2) is 42.9 Å². The van der Waals surface area contributed by atoms with Crippen molar-refractivity contribution in [2.45, 2.75) is 25.4 Å². The maximum absolute atomic E-state index is 12.6. The number of aromatic nitrogens is 3. The summed E-state index contributed by atoms with van der Waals surface area (Å²) in [4.78, 5) is 36.6. The number of hydrogen-bond acceptors (Lipinski definition) is 6. The Morgan fingerprint density at radius 1 is 1.24 bits per heavy atom. The Morgan fingerprint density at radius 2 is 2.03 bits per heavy atom. The molecule has 2 aromatic heterocycles. The van der Waals surface area contributed by atoms with Gasteiger partial charge in [0.25, 0.3) is 0 Å². The van der Waals surface area contributed by atoms with Crippen molar-refractivity contribution < 1.29 is 14.3 Å². The van der Waals surface area contributed by atoms with E-state index in [1.54, 1.807) is 29.4 Å². The zero-order valence-electron chi connectivity index (χ0n) is 19.2. The van der Waals surface area contributed by atoms with E-state index in [1.807, 2.05) is 29.9 Å². The first-order valence-corrected chi connectivity index (χ1v) is 11.2. The van der Waals surface area contributed by atoms with Crippen molar-refractivity contribution in [1.29, 1.82) is 0 Å². The molecule has 4 rings (SSSR count). The van der Waals surface area contributed by atoms with Gasteiger partial charge in [-0.25, -0.2) is 9.97 Å². The fourth-order valence-electron chi connectivity index (χ4n) is 4.20. The zero-order chi connectivity index (χ0) is 24.1. The van der Waals surface area contributed by atoms with Gasteiger partial charge in [0.1, 0.15) is 18.1 Å². The first-order valence-electron chi connectivity index (χ1n) is 11.2. The molecule has 2 N–H and O–H groups in total. The summed E-state index contributed by atoms with van der Waals surface area (Å²) >= 11 is 0. The number of hydrogen-bond donors (Lipinski definition) is 1. The number of benzene rings is 1. The summed E-state index contributed by atoms with van der Waals surface area (Å²) in [6, 6.07) is 7.49. The molecule has 1 aliphatic rings. The number of ether oxygens (including phenoxy) is 1. The largest absolute Gasteiger partial charge is 0.370 e. The van der Waals surface area contributed by atoms with Gasteiger partial charge >= 0.3 is 0 Å². The fraction of sp³-hybridized carbons (Fsp3) is 0.360. The molecule has 3 aromatic rings. The van der Waals surface area contributed by atoms with Crippen LogP contribution in [0.5, 0.6) is 0 Å². The van der Waals surface area contributed by atoms with E-state index in [-0.39, 0.29) is 18.6 Å². The van der Waals surface area contributed by atoms with Gasteiger partial charge in [0.05, 0.1) is 19.0 Å². The second-order valence-corrected chi connectivity index (χ2v) is 8.33. The minimum Gasteiger partial charge on any atom is -0.370 e. The number of piperidine rings is 1. The second kappa shape index (κ2) is 10.4. The second-order valence-electron chi connectivity index (χ2n) is 8.33. The summed E-state index contributed by atoms with van der Waals surface area (Å²) in [6.45, 7) is 2.57. The molecule has 9 nitrogen and oxygen atoms in total. The van der Waals surface area contributed by atoms with E-state index in [0.717, 1.165) is 42.7 Å². The van der Waals surface area contributed by atoms with E-state index in [2.05, 4.69) is 20.8 Å². The van der Waals surface area contributed by atoms with Crippen molar-refractivity contribution in [1.82, 2.24) is 19.4 Å². The van der Waals surface area contributed by atoms with Gasteiger partial charge in [0, 0.05) is 50.0 Å². The highest BCUT2D eigenvalue weighted by molar-refractivity contribution is 5.97. The lowest BCUT2D eigenvalue weighted by Crippen LogP contribution is -2.47. The van der Waals surface area contributed by atoms with Gasteiger partial charge in [-0.3, -0.25) is 9.59 Å². The van der Waals surface area contributed by atoms with E-state index >= 15 is 0 Å². The first-order chi connectivity index (χ1) is 16.5. The van der Waals surface area contributed by atoms with Crippen LogP contribution in [0.1, 0.15) is 28.9 Å². The maximum Gasteiger partial charge on any atom is 0.248 e. The first kappa shape index (κ1) is 23.3. The topological polar surface area (TPSA) is 107 Å². The molecule has 1 aliphatic heterocycles. The lowest BCUT2D eigenvalue weighted by molar-refractivity contribution is -0.137. The number of nitrogens with zero attached hydrogens (tertiary/aromatic N) is 5. The molecule has 2 amide bonds. The molecular weight excluding hydrogens is 432 g/mol. The van der Waals surface area contributed by atoms with E-state index in [9.17, 15) is 9.59 Å². The predicted molar refractivity (Wildman–Crippen MR) is 129 cm³/mol. The molecule has 0 bridgehead atoms. The van der Waals surface area contributed by atoms with Gasteiger partial charge in [-0.05, 0) is 42.3 Å². The number of fused-ring (bicyclic) bond motifs is 1. The van der Waals surface area contributed by atoms with Gasteiger partial charge < -0.3 is 24.8 Å². The molecule has 0 aliphatic carbocycles. The summed E-state index contributed by atoms with van der Waals surface area (Å²) < 4.78 is 7.66. The van der Waals surface area contributed by atoms with Gasteiger partial charge in [-0.2, -0.15) is 0 Å². The van der Waals surface area contributed by atoms with Crippen LogP contribution in [0.4, 0.5) is 5.82 Å². The van der Waals surface area contributed by atoms with Gasteiger partial charge in [-0.15, -0.1) is 6.42 Å². The minimum absolute atomic E-state index is 0.0292. The highest BCUT2D eigenvalue weighted by Gasteiger charge is 2.26. The number of terminal acetylenes is 1. The van der Waals surface area contributed by atoms with Crippen LogP contribution in [0.3, 0.4) is 0 Å². The Hall–Kier alpha value is -3.90. The number of rotatable bonds is 8. The Balaban J connectivity index is 1.22. The molecule has 0 spiro atoms. The Bertz CT molecular complexity index is 1210. The molecule has 1 fully saturated rings. The lowest BCUT2D eigenvalue weighted by atomic mass is 10.0. The van der Waals surface area contributed by atoms with Crippen molar-refractivity contribution in [2.75, 3.05) is 38.3 Å². The fourth-order valence-corrected chi connectivity index (χ4v) is 4.20. The van der Waals surface area contributed by atoms with Crippen LogP contribution in [0, 0.1) is 12.3 Å². The summed E-state index contributed by atoms with van der Waals surface area (Å²) in [5.74, 6) is 2.77. The van der Waals surface area contributed by atoms with E-state index in [4.69, 9.17) is 16.9 Å². The Kier molecular flexibility index (Phi) is 7.09. The summed E-state index contributed by atoms with van der Waals surface area (Å²) in [5, 5.41) is 1.02. The van der Waals surface area contributed by atoms with Crippen molar-refractivity contribution in [3.8, 4) is 12.3 Å². The number of amides is 2. The number of primary amides is 1. The quantitative estimate of drug-likeness (QED) is 0.405. The van der Waals surface area contributed by atoms with Crippen LogP contribution in [-0.4, -0.2) is 70.6 Å². The zero-order valence-corrected chi connectivity index (χ0v) is 19.2. The van der Waals surface area contributed by atoms with E-state index in [0.29, 0.717) is 24.4 Å². The third-order valence-electron chi connectivity index (χ3n) is 6.28. The molecule has 0 radical (unpaired) electrons. The smallest absolute Gasteiger partial charge is 0.248 e. The number of likely N-dealkylation sites (N-methyl/N-ethyl adjacent to an activating group) is 1. The van der Waals surface area contributed by atoms with Crippen molar-refractivity contribution in [3.05, 3.63) is 54.1 Å². The minimum atomic E-state index is -0.458. The Labute approximate surface area is 198 Å².